The monoisotopic (exact) mass is 457 g/mol. The zero-order valence-corrected chi connectivity index (χ0v) is 20.5. The predicted octanol–water partition coefficient (Wildman–Crippen LogP) is 8.83. The maximum Gasteiger partial charge on any atom is 0.0725 e. The van der Waals surface area contributed by atoms with E-state index in [0.29, 0.717) is 5.92 Å². The van der Waals surface area contributed by atoms with Crippen LogP contribution in [0.2, 0.25) is 0 Å². The van der Waals surface area contributed by atoms with E-state index in [1.54, 1.807) is 0 Å². The molecule has 4 aromatic rings. The van der Waals surface area contributed by atoms with Gasteiger partial charge in [-0.05, 0) is 70.3 Å². The van der Waals surface area contributed by atoms with E-state index < -0.39 is 0 Å². The number of thiophene rings is 1. The molecule has 0 bridgehead atoms. The van der Waals surface area contributed by atoms with Crippen molar-refractivity contribution in [3.8, 4) is 22.3 Å². The molecule has 1 heterocycles. The SMILES string of the molecule is C=C1C=Cc2cccc(-c3ccc(-c4ccc5sc6c(c5c4)C=CC(C)C6)cc3)c2C1=NCC. The van der Waals surface area contributed by atoms with Crippen LogP contribution in [0.3, 0.4) is 0 Å². The van der Waals surface area contributed by atoms with Gasteiger partial charge in [-0.3, -0.25) is 4.99 Å². The van der Waals surface area contributed by atoms with Crippen LogP contribution in [0.5, 0.6) is 0 Å². The van der Waals surface area contributed by atoms with Gasteiger partial charge in [0.15, 0.2) is 0 Å². The fourth-order valence-electron chi connectivity index (χ4n) is 5.13. The van der Waals surface area contributed by atoms with Crippen molar-refractivity contribution >= 4 is 39.3 Å². The standard InChI is InChI=1S/C32H27NS/c1-4-33-32-21(3)9-10-24-6-5-7-26(31(24)32)23-13-11-22(12-14-23)25-15-17-29-28(19-25)27-16-8-20(2)18-30(27)34-29/h5-17,19-20H,3-4,18H2,1-2H3. The van der Waals surface area contributed by atoms with Crippen LogP contribution in [0.15, 0.2) is 90.0 Å². The molecule has 0 amide bonds. The van der Waals surface area contributed by atoms with Gasteiger partial charge >= 0.3 is 0 Å². The van der Waals surface area contributed by atoms with E-state index in [1.165, 1.54) is 53.9 Å². The molecule has 3 aromatic carbocycles. The molecule has 34 heavy (non-hydrogen) atoms. The highest BCUT2D eigenvalue weighted by atomic mass is 32.1. The quantitative estimate of drug-likeness (QED) is 0.291. The van der Waals surface area contributed by atoms with Gasteiger partial charge in [-0.25, -0.2) is 0 Å². The zero-order chi connectivity index (χ0) is 23.2. The third kappa shape index (κ3) is 3.50. The molecule has 2 aliphatic carbocycles. The van der Waals surface area contributed by atoms with E-state index in [-0.39, 0.29) is 0 Å². The van der Waals surface area contributed by atoms with Crippen LogP contribution in [-0.4, -0.2) is 12.3 Å². The van der Waals surface area contributed by atoms with E-state index in [0.717, 1.165) is 24.3 Å². The van der Waals surface area contributed by atoms with Gasteiger partial charge in [0, 0.05) is 27.1 Å². The molecule has 1 nitrogen and oxygen atoms in total. The summed E-state index contributed by atoms with van der Waals surface area (Å²) >= 11 is 1.95. The summed E-state index contributed by atoms with van der Waals surface area (Å²) < 4.78 is 1.39. The highest BCUT2D eigenvalue weighted by Gasteiger charge is 2.20. The van der Waals surface area contributed by atoms with Crippen molar-refractivity contribution in [2.45, 2.75) is 20.3 Å². The number of allylic oxidation sites excluding steroid dienone is 3. The van der Waals surface area contributed by atoms with Gasteiger partial charge in [0.25, 0.3) is 0 Å². The Hall–Kier alpha value is -3.49. The van der Waals surface area contributed by atoms with Crippen molar-refractivity contribution in [2.24, 2.45) is 10.9 Å². The summed E-state index contributed by atoms with van der Waals surface area (Å²) in [6.45, 7) is 9.36. The molecule has 1 aromatic heterocycles. The smallest absolute Gasteiger partial charge is 0.0725 e. The molecule has 2 heteroatoms. The second-order valence-corrected chi connectivity index (χ2v) is 10.4. The predicted molar refractivity (Wildman–Crippen MR) is 150 cm³/mol. The second-order valence-electron chi connectivity index (χ2n) is 9.22. The van der Waals surface area contributed by atoms with Crippen LogP contribution in [0.25, 0.3) is 44.5 Å². The van der Waals surface area contributed by atoms with Gasteiger partial charge in [0.05, 0.1) is 5.71 Å². The van der Waals surface area contributed by atoms with Gasteiger partial charge in [-0.15, -0.1) is 11.3 Å². The average Bonchev–Trinajstić information content (AvgIpc) is 3.22. The van der Waals surface area contributed by atoms with Crippen molar-refractivity contribution in [1.82, 2.24) is 0 Å². The Balaban J connectivity index is 1.40. The van der Waals surface area contributed by atoms with Crippen LogP contribution in [-0.2, 0) is 6.42 Å². The number of nitrogens with zero attached hydrogens (tertiary/aromatic N) is 1. The molecule has 0 saturated heterocycles. The highest BCUT2D eigenvalue weighted by Crippen LogP contribution is 2.39. The van der Waals surface area contributed by atoms with E-state index in [2.05, 4.69) is 105 Å². The Kier molecular flexibility index (Phi) is 5.19. The van der Waals surface area contributed by atoms with Crippen LogP contribution in [0.4, 0.5) is 0 Å². The van der Waals surface area contributed by atoms with Crippen LogP contribution in [0.1, 0.15) is 35.4 Å². The number of rotatable bonds is 3. The lowest BCUT2D eigenvalue weighted by molar-refractivity contribution is 0.728. The summed E-state index contributed by atoms with van der Waals surface area (Å²) in [7, 11) is 0. The Bertz CT molecular complexity index is 1530. The Morgan fingerprint density at radius 1 is 0.941 bits per heavy atom. The first-order valence-electron chi connectivity index (χ1n) is 12.0. The summed E-state index contributed by atoms with van der Waals surface area (Å²) in [6, 6.07) is 22.4. The fourth-order valence-corrected chi connectivity index (χ4v) is 6.44. The molecule has 166 valence electrons. The van der Waals surface area contributed by atoms with E-state index in [9.17, 15) is 0 Å². The summed E-state index contributed by atoms with van der Waals surface area (Å²) in [6.07, 6.45) is 10.0. The molecular formula is C32H27NS. The minimum Gasteiger partial charge on any atom is -0.284 e. The molecule has 1 unspecified atom stereocenters. The first kappa shape index (κ1) is 21.1. The highest BCUT2D eigenvalue weighted by molar-refractivity contribution is 7.19. The molecule has 6 rings (SSSR count). The van der Waals surface area contributed by atoms with Gasteiger partial charge in [-0.1, -0.05) is 86.3 Å². The molecule has 1 atom stereocenters. The normalized spacial score (nSPS) is 17.9. The lowest BCUT2D eigenvalue weighted by atomic mass is 9.86. The summed E-state index contributed by atoms with van der Waals surface area (Å²) in [5, 5.41) is 1.38. The molecule has 2 aliphatic rings. The van der Waals surface area contributed by atoms with Crippen LogP contribution < -0.4 is 0 Å². The average molecular weight is 458 g/mol. The largest absolute Gasteiger partial charge is 0.284 e. The number of fused-ring (bicyclic) bond motifs is 4. The second kappa shape index (κ2) is 8.38. The van der Waals surface area contributed by atoms with E-state index >= 15 is 0 Å². The zero-order valence-electron chi connectivity index (χ0n) is 19.6. The Morgan fingerprint density at radius 2 is 1.74 bits per heavy atom. The fraction of sp³-hybridized carbons (Fsp3) is 0.156. The minimum atomic E-state index is 0.631. The lowest BCUT2D eigenvalue weighted by Gasteiger charge is -2.19. The molecule has 0 radical (unpaired) electrons. The maximum atomic E-state index is 4.78. The summed E-state index contributed by atoms with van der Waals surface area (Å²) in [5.41, 5.74) is 10.7. The molecule has 0 saturated carbocycles. The third-order valence-electron chi connectivity index (χ3n) is 6.85. The molecule has 0 fully saturated rings. The third-order valence-corrected chi connectivity index (χ3v) is 8.06. The van der Waals surface area contributed by atoms with Crippen LogP contribution >= 0.6 is 11.3 Å². The lowest BCUT2D eigenvalue weighted by Crippen LogP contribution is -2.11. The molecular weight excluding hydrogens is 430 g/mol. The topological polar surface area (TPSA) is 12.4 Å². The van der Waals surface area contributed by atoms with E-state index in [4.69, 9.17) is 4.99 Å². The van der Waals surface area contributed by atoms with Gasteiger partial charge in [-0.2, -0.15) is 0 Å². The first-order chi connectivity index (χ1) is 16.6. The van der Waals surface area contributed by atoms with E-state index in [1.807, 2.05) is 11.3 Å². The van der Waals surface area contributed by atoms with Crippen molar-refractivity contribution < 1.29 is 0 Å². The molecule has 0 aliphatic heterocycles. The number of aliphatic imine (C=N–C) groups is 1. The molecule has 0 N–H and O–H groups in total. The van der Waals surface area contributed by atoms with Gasteiger partial charge in [0.2, 0.25) is 0 Å². The summed E-state index contributed by atoms with van der Waals surface area (Å²) in [4.78, 5) is 6.30. The van der Waals surface area contributed by atoms with Crippen molar-refractivity contribution in [3.63, 3.8) is 0 Å². The number of benzene rings is 3. The summed E-state index contributed by atoms with van der Waals surface area (Å²) in [5.74, 6) is 0.631. The van der Waals surface area contributed by atoms with Gasteiger partial charge in [0.1, 0.15) is 0 Å². The van der Waals surface area contributed by atoms with Gasteiger partial charge < -0.3 is 0 Å². The number of hydrogen-bond acceptors (Lipinski definition) is 2. The van der Waals surface area contributed by atoms with Crippen molar-refractivity contribution in [1.29, 1.82) is 0 Å². The van der Waals surface area contributed by atoms with Crippen LogP contribution in [0, 0.1) is 5.92 Å². The Morgan fingerprint density at radius 3 is 2.56 bits per heavy atom. The molecule has 0 spiro atoms. The number of hydrogen-bond donors (Lipinski definition) is 0. The van der Waals surface area contributed by atoms with Crippen molar-refractivity contribution in [3.05, 3.63) is 107 Å². The first-order valence-corrected chi connectivity index (χ1v) is 12.8. The minimum absolute atomic E-state index is 0.631. The van der Waals surface area contributed by atoms with Crippen molar-refractivity contribution in [2.75, 3.05) is 6.54 Å². The maximum absolute atomic E-state index is 4.78. The Labute approximate surface area is 205 Å².